The topological polar surface area (TPSA) is 79.1 Å². The number of ether oxygens (including phenoxy) is 1. The van der Waals surface area contributed by atoms with E-state index in [2.05, 4.69) is 0 Å². The van der Waals surface area contributed by atoms with Gasteiger partial charge in [0.15, 0.2) is 0 Å². The third kappa shape index (κ3) is 3.79. The van der Waals surface area contributed by atoms with E-state index in [1.54, 1.807) is 29.2 Å². The Hall–Kier alpha value is -2.28. The molecule has 7 nitrogen and oxygen atoms in total. The zero-order chi connectivity index (χ0) is 16.9. The fourth-order valence-corrected chi connectivity index (χ4v) is 3.12. The highest BCUT2D eigenvalue weighted by molar-refractivity contribution is 5.95. The predicted molar refractivity (Wildman–Crippen MR) is 90.7 cm³/mol. The summed E-state index contributed by atoms with van der Waals surface area (Å²) in [4.78, 5) is 30.7. The number of nitrogen functional groups attached to an aromatic ring is 1. The van der Waals surface area contributed by atoms with Crippen LogP contribution in [0.1, 0.15) is 16.8 Å². The summed E-state index contributed by atoms with van der Waals surface area (Å²) in [5.41, 5.74) is 6.94. The molecule has 2 aliphatic heterocycles. The largest absolute Gasteiger partial charge is 0.399 e. The quantitative estimate of drug-likeness (QED) is 0.774. The number of nitrogens with zero attached hydrogens (tertiary/aromatic N) is 3. The highest BCUT2D eigenvalue weighted by atomic mass is 16.5. The van der Waals surface area contributed by atoms with Crippen LogP contribution in [0, 0.1) is 0 Å². The van der Waals surface area contributed by atoms with Gasteiger partial charge in [0.1, 0.15) is 0 Å². The third-order valence-corrected chi connectivity index (χ3v) is 4.47. The van der Waals surface area contributed by atoms with E-state index < -0.39 is 0 Å². The van der Waals surface area contributed by atoms with Crippen LogP contribution in [0.2, 0.25) is 0 Å². The maximum Gasteiger partial charge on any atom is 0.320 e. The zero-order valence-corrected chi connectivity index (χ0v) is 13.8. The van der Waals surface area contributed by atoms with Gasteiger partial charge in [0.05, 0.1) is 13.2 Å². The van der Waals surface area contributed by atoms with Crippen molar-refractivity contribution < 1.29 is 14.3 Å². The van der Waals surface area contributed by atoms with Crippen molar-refractivity contribution in [3.8, 4) is 0 Å². The normalized spacial score (nSPS) is 19.1. The third-order valence-electron chi connectivity index (χ3n) is 4.47. The summed E-state index contributed by atoms with van der Waals surface area (Å²) in [7, 11) is 0. The molecular weight excluding hydrogens is 308 g/mol. The van der Waals surface area contributed by atoms with Crippen molar-refractivity contribution in [2.45, 2.75) is 6.42 Å². The average Bonchev–Trinajstić information content (AvgIpc) is 2.87. The number of hydrogen-bond acceptors (Lipinski definition) is 4. The molecule has 3 amide bonds. The number of anilines is 1. The molecule has 2 fully saturated rings. The minimum Gasteiger partial charge on any atom is -0.399 e. The Kier molecular flexibility index (Phi) is 5.20. The van der Waals surface area contributed by atoms with Crippen LogP contribution in [0.3, 0.4) is 0 Å². The molecular formula is C17H24N4O3. The van der Waals surface area contributed by atoms with Gasteiger partial charge in [0, 0.05) is 50.5 Å². The van der Waals surface area contributed by atoms with Gasteiger partial charge < -0.3 is 25.2 Å². The number of urea groups is 1. The maximum absolute atomic E-state index is 12.6. The fraction of sp³-hybridized carbons (Fsp3) is 0.529. The first kappa shape index (κ1) is 16.6. The maximum atomic E-state index is 12.6. The lowest BCUT2D eigenvalue weighted by Crippen LogP contribution is -2.49. The lowest BCUT2D eigenvalue weighted by atomic mass is 10.1. The number of amides is 3. The molecule has 3 rings (SSSR count). The van der Waals surface area contributed by atoms with E-state index in [1.807, 2.05) is 9.80 Å². The second kappa shape index (κ2) is 7.53. The Morgan fingerprint density at radius 3 is 2.33 bits per heavy atom. The highest BCUT2D eigenvalue weighted by Gasteiger charge is 2.26. The summed E-state index contributed by atoms with van der Waals surface area (Å²) in [6.45, 7) is 4.91. The molecule has 2 saturated heterocycles. The molecule has 0 saturated carbocycles. The molecule has 2 aliphatic rings. The van der Waals surface area contributed by atoms with Gasteiger partial charge in [-0.05, 0) is 24.6 Å². The second-order valence-corrected chi connectivity index (χ2v) is 6.14. The smallest absolute Gasteiger partial charge is 0.320 e. The summed E-state index contributed by atoms with van der Waals surface area (Å²) in [6, 6.07) is 7.08. The van der Waals surface area contributed by atoms with Crippen molar-refractivity contribution in [2.75, 3.05) is 58.2 Å². The Bertz CT molecular complexity index is 601. The van der Waals surface area contributed by atoms with Crippen LogP contribution in [0.15, 0.2) is 24.3 Å². The van der Waals surface area contributed by atoms with Crippen molar-refractivity contribution >= 4 is 17.6 Å². The molecule has 1 aromatic rings. The molecule has 1 aromatic carbocycles. The number of rotatable bonds is 1. The fourth-order valence-electron chi connectivity index (χ4n) is 3.12. The molecule has 24 heavy (non-hydrogen) atoms. The van der Waals surface area contributed by atoms with Crippen molar-refractivity contribution in [3.05, 3.63) is 29.8 Å². The number of carbonyl (C=O) groups excluding carboxylic acids is 2. The minimum absolute atomic E-state index is 0.0250. The first-order chi connectivity index (χ1) is 11.6. The van der Waals surface area contributed by atoms with E-state index >= 15 is 0 Å². The van der Waals surface area contributed by atoms with Gasteiger partial charge in [-0.1, -0.05) is 6.07 Å². The van der Waals surface area contributed by atoms with Crippen molar-refractivity contribution in [2.24, 2.45) is 0 Å². The monoisotopic (exact) mass is 332 g/mol. The van der Waals surface area contributed by atoms with E-state index in [0.29, 0.717) is 63.7 Å². The van der Waals surface area contributed by atoms with Gasteiger partial charge in [0.2, 0.25) is 0 Å². The van der Waals surface area contributed by atoms with Gasteiger partial charge in [-0.25, -0.2) is 4.79 Å². The van der Waals surface area contributed by atoms with E-state index in [0.717, 1.165) is 6.42 Å². The number of hydrogen-bond donors (Lipinski definition) is 1. The Labute approximate surface area is 141 Å². The number of carbonyl (C=O) groups is 2. The molecule has 0 spiro atoms. The summed E-state index contributed by atoms with van der Waals surface area (Å²) < 4.78 is 5.29. The van der Waals surface area contributed by atoms with Crippen LogP contribution >= 0.6 is 0 Å². The summed E-state index contributed by atoms with van der Waals surface area (Å²) in [5, 5.41) is 0. The molecule has 0 aliphatic carbocycles. The molecule has 7 heteroatoms. The first-order valence-electron chi connectivity index (χ1n) is 8.41. The van der Waals surface area contributed by atoms with Crippen LogP contribution in [-0.2, 0) is 4.74 Å². The second-order valence-electron chi connectivity index (χ2n) is 6.14. The number of nitrogens with two attached hydrogens (primary N) is 1. The predicted octanol–water partition coefficient (Wildman–Crippen LogP) is 0.869. The van der Waals surface area contributed by atoms with Gasteiger partial charge in [-0.2, -0.15) is 0 Å². The Morgan fingerprint density at radius 2 is 1.58 bits per heavy atom. The number of benzene rings is 1. The highest BCUT2D eigenvalue weighted by Crippen LogP contribution is 2.13. The standard InChI is InChI=1S/C17H24N4O3/c18-15-4-1-3-14(13-15)16(22)19-5-2-6-20(8-7-19)17(23)21-9-11-24-12-10-21/h1,3-4,13H,2,5-12,18H2. The van der Waals surface area contributed by atoms with E-state index in [4.69, 9.17) is 10.5 Å². The van der Waals surface area contributed by atoms with Crippen LogP contribution in [0.4, 0.5) is 10.5 Å². The molecule has 130 valence electrons. The van der Waals surface area contributed by atoms with Crippen molar-refractivity contribution in [1.82, 2.24) is 14.7 Å². The lowest BCUT2D eigenvalue weighted by Gasteiger charge is -2.32. The van der Waals surface area contributed by atoms with E-state index in [1.165, 1.54) is 0 Å². The molecule has 0 radical (unpaired) electrons. The Balaban J connectivity index is 1.60. The van der Waals surface area contributed by atoms with Gasteiger partial charge in [0.25, 0.3) is 5.91 Å². The van der Waals surface area contributed by atoms with E-state index in [-0.39, 0.29) is 11.9 Å². The molecule has 2 N–H and O–H groups in total. The van der Waals surface area contributed by atoms with Crippen LogP contribution in [0.25, 0.3) is 0 Å². The lowest BCUT2D eigenvalue weighted by molar-refractivity contribution is 0.0435. The van der Waals surface area contributed by atoms with E-state index in [9.17, 15) is 9.59 Å². The first-order valence-corrected chi connectivity index (χ1v) is 8.41. The van der Waals surface area contributed by atoms with Gasteiger partial charge in [-0.15, -0.1) is 0 Å². The molecule has 0 bridgehead atoms. The number of morpholine rings is 1. The van der Waals surface area contributed by atoms with Crippen LogP contribution in [0.5, 0.6) is 0 Å². The van der Waals surface area contributed by atoms with Crippen LogP contribution < -0.4 is 5.73 Å². The summed E-state index contributed by atoms with van der Waals surface area (Å²) >= 11 is 0. The summed E-state index contributed by atoms with van der Waals surface area (Å²) in [5.74, 6) is -0.0250. The molecule has 0 unspecified atom stereocenters. The molecule has 0 aromatic heterocycles. The van der Waals surface area contributed by atoms with Crippen LogP contribution in [-0.4, -0.2) is 79.1 Å². The molecule has 0 atom stereocenters. The molecule has 2 heterocycles. The minimum atomic E-state index is -0.0250. The van der Waals surface area contributed by atoms with Crippen molar-refractivity contribution in [1.29, 1.82) is 0 Å². The zero-order valence-electron chi connectivity index (χ0n) is 13.8. The Morgan fingerprint density at radius 1 is 0.917 bits per heavy atom. The van der Waals surface area contributed by atoms with Crippen molar-refractivity contribution in [3.63, 3.8) is 0 Å². The SMILES string of the molecule is Nc1cccc(C(=O)N2CCCN(C(=O)N3CCOCC3)CC2)c1. The average molecular weight is 332 g/mol. The summed E-state index contributed by atoms with van der Waals surface area (Å²) in [6.07, 6.45) is 0.782. The van der Waals surface area contributed by atoms with Gasteiger partial charge in [-0.3, -0.25) is 4.79 Å². The van der Waals surface area contributed by atoms with Gasteiger partial charge >= 0.3 is 6.03 Å².